The van der Waals surface area contributed by atoms with Crippen molar-refractivity contribution in [3.8, 4) is 0 Å². The van der Waals surface area contributed by atoms with Crippen LogP contribution in [0.5, 0.6) is 0 Å². The monoisotopic (exact) mass is 412 g/mol. The minimum Gasteiger partial charge on any atom is -0.393 e. The van der Waals surface area contributed by atoms with E-state index in [9.17, 15) is 10.2 Å². The van der Waals surface area contributed by atoms with Gasteiger partial charge in [0, 0.05) is 10.4 Å². The van der Waals surface area contributed by atoms with Crippen LogP contribution in [0.2, 0.25) is 5.02 Å². The minimum atomic E-state index is -0.379. The van der Waals surface area contributed by atoms with Crippen molar-refractivity contribution in [3.05, 3.63) is 52.1 Å². The lowest BCUT2D eigenvalue weighted by molar-refractivity contribution is -0.0685. The van der Waals surface area contributed by atoms with E-state index in [4.69, 9.17) is 11.6 Å². The average molecular weight is 413 g/mol. The highest BCUT2D eigenvalue weighted by Gasteiger charge is 2.59. The Hall–Kier alpha value is -1.09. The lowest BCUT2D eigenvalue weighted by Gasteiger charge is -2.57. The van der Waals surface area contributed by atoms with Crippen LogP contribution >= 0.6 is 11.6 Å². The van der Waals surface area contributed by atoms with Crippen LogP contribution in [0.1, 0.15) is 64.4 Å². The van der Waals surface area contributed by atoms with E-state index in [0.29, 0.717) is 17.8 Å². The highest BCUT2D eigenvalue weighted by Crippen LogP contribution is 2.65. The molecule has 0 amide bonds. The van der Waals surface area contributed by atoms with Crippen molar-refractivity contribution in [1.82, 2.24) is 0 Å². The summed E-state index contributed by atoms with van der Waals surface area (Å²) in [5, 5.41) is 22.3. The first-order valence-corrected chi connectivity index (χ1v) is 11.7. The average Bonchev–Trinajstić information content (AvgIpc) is 2.95. The second kappa shape index (κ2) is 6.97. The Morgan fingerprint density at radius 2 is 1.83 bits per heavy atom. The molecule has 0 radical (unpaired) electrons. The summed E-state index contributed by atoms with van der Waals surface area (Å²) in [4.78, 5) is 0. The molecule has 5 rings (SSSR count). The van der Waals surface area contributed by atoms with Crippen LogP contribution < -0.4 is 0 Å². The highest BCUT2D eigenvalue weighted by atomic mass is 35.5. The Labute approximate surface area is 179 Å². The van der Waals surface area contributed by atoms with E-state index in [1.54, 1.807) is 0 Å². The van der Waals surface area contributed by atoms with Gasteiger partial charge < -0.3 is 10.2 Å². The number of aliphatic hydroxyl groups excluding tert-OH is 2. The Bertz CT molecular complexity index is 873. The first-order chi connectivity index (χ1) is 13.8. The van der Waals surface area contributed by atoms with Crippen LogP contribution in [0.15, 0.2) is 41.5 Å². The van der Waals surface area contributed by atoms with Crippen molar-refractivity contribution >= 4 is 17.7 Å². The van der Waals surface area contributed by atoms with Crippen LogP contribution in [-0.4, -0.2) is 22.4 Å². The number of rotatable bonds is 1. The Balaban J connectivity index is 1.48. The third-order valence-electron chi connectivity index (χ3n) is 9.19. The predicted octanol–water partition coefficient (Wildman–Crippen LogP) is 6.02. The summed E-state index contributed by atoms with van der Waals surface area (Å²) >= 11 is 6.40. The van der Waals surface area contributed by atoms with Crippen LogP contribution in [0.3, 0.4) is 0 Å². The molecule has 0 spiro atoms. The van der Waals surface area contributed by atoms with Gasteiger partial charge in [-0.2, -0.15) is 0 Å². The summed E-state index contributed by atoms with van der Waals surface area (Å²) in [5.41, 5.74) is 3.88. The van der Waals surface area contributed by atoms with Crippen molar-refractivity contribution in [3.63, 3.8) is 0 Å². The summed E-state index contributed by atoms with van der Waals surface area (Å²) in [6, 6.07) is 7.93. The van der Waals surface area contributed by atoms with Gasteiger partial charge >= 0.3 is 0 Å². The second-order valence-electron chi connectivity index (χ2n) is 10.5. The van der Waals surface area contributed by atoms with E-state index in [2.05, 4.69) is 26.0 Å². The predicted molar refractivity (Wildman–Crippen MR) is 119 cm³/mol. The van der Waals surface area contributed by atoms with Crippen LogP contribution in [0.4, 0.5) is 0 Å². The maximum absolute atomic E-state index is 11.4. The number of allylic oxidation sites excluding steroid dienone is 1. The van der Waals surface area contributed by atoms with E-state index in [1.165, 1.54) is 12.0 Å². The summed E-state index contributed by atoms with van der Waals surface area (Å²) in [6.45, 7) is 4.77. The maximum atomic E-state index is 11.4. The van der Waals surface area contributed by atoms with Gasteiger partial charge in [-0.25, -0.2) is 0 Å². The molecule has 0 bridgehead atoms. The normalized spacial score (nSPS) is 45.3. The summed E-state index contributed by atoms with van der Waals surface area (Å²) in [7, 11) is 0. The maximum Gasteiger partial charge on any atom is 0.0809 e. The van der Waals surface area contributed by atoms with Gasteiger partial charge in [0.25, 0.3) is 0 Å². The van der Waals surface area contributed by atoms with Crippen molar-refractivity contribution in [2.75, 3.05) is 0 Å². The zero-order chi connectivity index (χ0) is 20.4. The Morgan fingerprint density at radius 3 is 2.62 bits per heavy atom. The van der Waals surface area contributed by atoms with Crippen LogP contribution in [-0.2, 0) is 0 Å². The molecule has 1 aromatic rings. The molecule has 156 valence electrons. The van der Waals surface area contributed by atoms with Gasteiger partial charge in [0.1, 0.15) is 0 Å². The molecular formula is C26H33ClO2. The first kappa shape index (κ1) is 19.8. The van der Waals surface area contributed by atoms with Crippen molar-refractivity contribution in [2.24, 2.45) is 28.6 Å². The Morgan fingerprint density at radius 1 is 1.03 bits per heavy atom. The molecule has 3 heteroatoms. The second-order valence-corrected chi connectivity index (χ2v) is 11.0. The van der Waals surface area contributed by atoms with Crippen molar-refractivity contribution < 1.29 is 10.2 Å². The molecule has 2 nitrogen and oxygen atoms in total. The fraction of sp³-hybridized carbons (Fsp3) is 0.615. The fourth-order valence-electron chi connectivity index (χ4n) is 7.43. The van der Waals surface area contributed by atoms with Gasteiger partial charge in [0.15, 0.2) is 0 Å². The topological polar surface area (TPSA) is 40.5 Å². The van der Waals surface area contributed by atoms with E-state index in [1.807, 2.05) is 24.3 Å². The molecular weight excluding hydrogens is 380 g/mol. The molecule has 1 aromatic carbocycles. The molecule has 0 aromatic heterocycles. The van der Waals surface area contributed by atoms with E-state index >= 15 is 0 Å². The molecule has 0 unspecified atom stereocenters. The standard InChI is InChI=1S/C26H33ClO2/c1-25-11-9-19(28)15-18(25)7-8-20-21(25)10-12-26(2)22(20)14-17(24(26)29)13-16-5-3-4-6-23(16)27/h3-7,13,19-22,24,28-29H,8-12,14-15H2,1-2H3/b17-13-/t19-,20-,21+,22+,24+,25-,26-/m0/s1. The van der Waals surface area contributed by atoms with Gasteiger partial charge in [-0.05, 0) is 85.3 Å². The van der Waals surface area contributed by atoms with E-state index < -0.39 is 0 Å². The third-order valence-corrected chi connectivity index (χ3v) is 9.54. The molecule has 7 atom stereocenters. The summed E-state index contributed by atoms with van der Waals surface area (Å²) < 4.78 is 0. The number of hydrogen-bond acceptors (Lipinski definition) is 2. The van der Waals surface area contributed by atoms with Crippen LogP contribution in [0.25, 0.3) is 6.08 Å². The smallest absolute Gasteiger partial charge is 0.0809 e. The zero-order valence-corrected chi connectivity index (χ0v) is 18.3. The number of fused-ring (bicyclic) bond motifs is 5. The molecule has 4 aliphatic rings. The number of halogens is 1. The lowest BCUT2D eigenvalue weighted by atomic mass is 9.48. The number of benzene rings is 1. The minimum absolute atomic E-state index is 0.0376. The van der Waals surface area contributed by atoms with Gasteiger partial charge in [-0.15, -0.1) is 0 Å². The van der Waals surface area contributed by atoms with E-state index in [-0.39, 0.29) is 23.0 Å². The number of aliphatic hydroxyl groups is 2. The third kappa shape index (κ3) is 2.98. The summed E-state index contributed by atoms with van der Waals surface area (Å²) in [6.07, 6.45) is 11.3. The van der Waals surface area contributed by atoms with Gasteiger partial charge in [-0.3, -0.25) is 0 Å². The Kier molecular flexibility index (Phi) is 4.77. The molecule has 3 fully saturated rings. The van der Waals surface area contributed by atoms with Crippen molar-refractivity contribution in [1.29, 1.82) is 0 Å². The van der Waals surface area contributed by atoms with Gasteiger partial charge in [0.05, 0.1) is 12.2 Å². The summed E-state index contributed by atoms with van der Waals surface area (Å²) in [5.74, 6) is 1.83. The van der Waals surface area contributed by atoms with Crippen molar-refractivity contribution in [2.45, 2.75) is 71.0 Å². The molecule has 0 aliphatic heterocycles. The molecule has 29 heavy (non-hydrogen) atoms. The highest BCUT2D eigenvalue weighted by molar-refractivity contribution is 6.32. The van der Waals surface area contributed by atoms with Gasteiger partial charge in [0.2, 0.25) is 0 Å². The molecule has 4 aliphatic carbocycles. The van der Waals surface area contributed by atoms with E-state index in [0.717, 1.165) is 54.7 Å². The zero-order valence-electron chi connectivity index (χ0n) is 17.6. The fourth-order valence-corrected chi connectivity index (χ4v) is 7.62. The van der Waals surface area contributed by atoms with Crippen LogP contribution in [0, 0.1) is 28.6 Å². The molecule has 0 saturated heterocycles. The SMILES string of the molecule is C[C@]12CC[C@@H]3[C@H](CC=C4C[C@@H](O)CC[C@@]43C)[C@H]1C/C(=C/c1ccccc1Cl)[C@H]2O. The molecule has 3 saturated carbocycles. The largest absolute Gasteiger partial charge is 0.393 e. The quantitative estimate of drug-likeness (QED) is 0.554. The lowest BCUT2D eigenvalue weighted by Crippen LogP contribution is -2.51. The molecule has 2 N–H and O–H groups in total. The molecule has 0 heterocycles. The first-order valence-electron chi connectivity index (χ1n) is 11.3. The van der Waals surface area contributed by atoms with Gasteiger partial charge in [-0.1, -0.05) is 61.4 Å². The number of hydrogen-bond donors (Lipinski definition) is 2.